The number of pyridine rings is 1. The lowest BCUT2D eigenvalue weighted by Crippen LogP contribution is -2.55. The number of halogens is 3. The number of aliphatic hydroxyl groups is 1. The highest BCUT2D eigenvalue weighted by atomic mass is 19.4. The fraction of sp³-hybridized carbons (Fsp3) is 0.500. The van der Waals surface area contributed by atoms with Crippen LogP contribution in [0.2, 0.25) is 0 Å². The van der Waals surface area contributed by atoms with Gasteiger partial charge in [0.15, 0.2) is 5.60 Å². The number of carbonyl (C=O) groups is 1. The summed E-state index contributed by atoms with van der Waals surface area (Å²) in [5.41, 5.74) is 8.24. The van der Waals surface area contributed by atoms with Crippen molar-refractivity contribution in [2.75, 3.05) is 18.0 Å². The molecule has 3 heterocycles. The highest BCUT2D eigenvalue weighted by molar-refractivity contribution is 6.09. The Kier molecular flexibility index (Phi) is 5.09. The molecule has 0 radical (unpaired) electrons. The molecule has 0 bridgehead atoms. The van der Waals surface area contributed by atoms with Gasteiger partial charge in [-0.15, -0.1) is 0 Å². The van der Waals surface area contributed by atoms with E-state index in [2.05, 4.69) is 9.98 Å². The predicted octanol–water partition coefficient (Wildman–Crippen LogP) is 1.40. The van der Waals surface area contributed by atoms with Gasteiger partial charge >= 0.3 is 6.18 Å². The van der Waals surface area contributed by atoms with Crippen molar-refractivity contribution in [2.45, 2.75) is 38.0 Å². The summed E-state index contributed by atoms with van der Waals surface area (Å²) >= 11 is 0. The van der Waals surface area contributed by atoms with Crippen LogP contribution in [0.15, 0.2) is 34.5 Å². The van der Waals surface area contributed by atoms with E-state index in [1.165, 1.54) is 0 Å². The van der Waals surface area contributed by atoms with Crippen LogP contribution in [0.1, 0.15) is 25.0 Å². The van der Waals surface area contributed by atoms with Gasteiger partial charge in [0.1, 0.15) is 11.7 Å². The van der Waals surface area contributed by atoms with Crippen LogP contribution in [0.4, 0.5) is 19.0 Å². The van der Waals surface area contributed by atoms with Crippen molar-refractivity contribution in [1.82, 2.24) is 4.98 Å². The number of aromatic nitrogens is 1. The van der Waals surface area contributed by atoms with Crippen LogP contribution in [-0.2, 0) is 4.79 Å². The van der Waals surface area contributed by atoms with Crippen molar-refractivity contribution in [3.63, 3.8) is 0 Å². The first kappa shape index (κ1) is 20.1. The second-order valence-electron chi connectivity index (χ2n) is 7.15. The largest absolute Gasteiger partial charge is 0.422 e. The lowest BCUT2D eigenvalue weighted by Gasteiger charge is -2.38. The summed E-state index contributed by atoms with van der Waals surface area (Å²) in [5, 5.41) is 10.3. The lowest BCUT2D eigenvalue weighted by molar-refractivity contribution is -0.244. The Morgan fingerprint density at radius 2 is 1.96 bits per heavy atom. The van der Waals surface area contributed by atoms with E-state index in [1.54, 1.807) is 0 Å². The van der Waals surface area contributed by atoms with E-state index in [1.807, 2.05) is 30.0 Å². The number of aryl methyl sites for hydroxylation is 1. The van der Waals surface area contributed by atoms with Crippen LogP contribution in [-0.4, -0.2) is 46.7 Å². The second-order valence-corrected chi connectivity index (χ2v) is 7.15. The Balaban J connectivity index is 1.87. The molecule has 0 aromatic carbocycles. The molecule has 2 aliphatic heterocycles. The number of hydrogen-bond donors (Lipinski definition) is 3. The van der Waals surface area contributed by atoms with Gasteiger partial charge in [-0.3, -0.25) is 4.79 Å². The molecule has 28 heavy (non-hydrogen) atoms. The zero-order valence-corrected chi connectivity index (χ0v) is 15.3. The number of nitrogens with zero attached hydrogens (tertiary/aromatic N) is 3. The summed E-state index contributed by atoms with van der Waals surface area (Å²) in [7, 11) is 0. The molecule has 1 atom stereocenters. The Hall–Kier alpha value is -2.62. The summed E-state index contributed by atoms with van der Waals surface area (Å²) < 4.78 is 40.7. The molecule has 0 saturated carbocycles. The molecule has 5 N–H and O–H groups in total. The SMILES string of the molecule is Cc1cccc(N2CCC(C(N)=C3C(N)=NC(=O)CC3(O)C(F)(F)F)CC2)n1. The highest BCUT2D eigenvalue weighted by Gasteiger charge is 2.60. The van der Waals surface area contributed by atoms with E-state index in [-0.39, 0.29) is 5.70 Å². The van der Waals surface area contributed by atoms with E-state index in [4.69, 9.17) is 11.5 Å². The number of amidine groups is 1. The van der Waals surface area contributed by atoms with Crippen LogP contribution in [0.5, 0.6) is 0 Å². The molecule has 152 valence electrons. The maximum absolute atomic E-state index is 13.6. The molecular formula is C18H22F3N5O2. The number of rotatable bonds is 2. The molecule has 7 nitrogen and oxygen atoms in total. The third-order valence-electron chi connectivity index (χ3n) is 5.21. The molecule has 1 fully saturated rings. The summed E-state index contributed by atoms with van der Waals surface area (Å²) in [6.07, 6.45) is -5.41. The van der Waals surface area contributed by atoms with Gasteiger partial charge in [0.25, 0.3) is 5.91 Å². The van der Waals surface area contributed by atoms with E-state index >= 15 is 0 Å². The third kappa shape index (κ3) is 3.56. The molecule has 0 aliphatic carbocycles. The van der Waals surface area contributed by atoms with E-state index < -0.39 is 41.4 Å². The van der Waals surface area contributed by atoms with Crippen molar-refractivity contribution >= 4 is 17.6 Å². The van der Waals surface area contributed by atoms with E-state index in [0.717, 1.165) is 11.5 Å². The minimum absolute atomic E-state index is 0.162. The van der Waals surface area contributed by atoms with Gasteiger partial charge in [0.05, 0.1) is 12.0 Å². The van der Waals surface area contributed by atoms with Gasteiger partial charge in [0, 0.05) is 30.4 Å². The van der Waals surface area contributed by atoms with Gasteiger partial charge in [-0.25, -0.2) is 4.98 Å². The number of alkyl halides is 3. The monoisotopic (exact) mass is 397 g/mol. The summed E-state index contributed by atoms with van der Waals surface area (Å²) in [6, 6.07) is 5.64. The van der Waals surface area contributed by atoms with Crippen LogP contribution >= 0.6 is 0 Å². The standard InChI is InChI=1S/C18H22F3N5O2/c1-10-3-2-4-12(24-10)26-7-5-11(6-8-26)15(22)14-16(23)25-13(27)9-17(14,28)18(19,20)21/h2-4,11,28H,5-9,22H2,1H3,(H2,23,25,27). The first-order valence-corrected chi connectivity index (χ1v) is 8.88. The van der Waals surface area contributed by atoms with Crippen molar-refractivity contribution in [2.24, 2.45) is 22.4 Å². The molecule has 10 heteroatoms. The minimum Gasteiger partial charge on any atom is -0.401 e. The number of allylic oxidation sites excluding steroid dienone is 1. The van der Waals surface area contributed by atoms with Gasteiger partial charge in [-0.05, 0) is 31.9 Å². The molecule has 1 saturated heterocycles. The number of nitrogens with two attached hydrogens (primary N) is 2. The van der Waals surface area contributed by atoms with Crippen LogP contribution in [0.25, 0.3) is 0 Å². The Bertz CT molecular complexity index is 844. The van der Waals surface area contributed by atoms with Gasteiger partial charge in [0.2, 0.25) is 0 Å². The molecule has 1 aromatic heterocycles. The van der Waals surface area contributed by atoms with E-state index in [9.17, 15) is 23.1 Å². The molecule has 2 aliphatic rings. The van der Waals surface area contributed by atoms with Gasteiger partial charge in [-0.2, -0.15) is 18.2 Å². The van der Waals surface area contributed by atoms with Crippen LogP contribution < -0.4 is 16.4 Å². The fourth-order valence-corrected chi connectivity index (χ4v) is 3.71. The number of piperidine rings is 1. The summed E-state index contributed by atoms with van der Waals surface area (Å²) in [5.74, 6) is -1.43. The minimum atomic E-state index is -5.10. The van der Waals surface area contributed by atoms with Crippen molar-refractivity contribution in [1.29, 1.82) is 0 Å². The first-order chi connectivity index (χ1) is 13.0. The Labute approximate surface area is 159 Å². The highest BCUT2D eigenvalue weighted by Crippen LogP contribution is 2.43. The average molecular weight is 397 g/mol. The zero-order valence-electron chi connectivity index (χ0n) is 15.3. The quantitative estimate of drug-likeness (QED) is 0.694. The maximum atomic E-state index is 13.6. The average Bonchev–Trinajstić information content (AvgIpc) is 2.60. The fourth-order valence-electron chi connectivity index (χ4n) is 3.71. The maximum Gasteiger partial charge on any atom is 0.422 e. The Morgan fingerprint density at radius 3 is 2.54 bits per heavy atom. The molecule has 3 rings (SSSR count). The smallest absolute Gasteiger partial charge is 0.401 e. The first-order valence-electron chi connectivity index (χ1n) is 8.88. The summed E-state index contributed by atoms with van der Waals surface area (Å²) in [4.78, 5) is 21.4. The van der Waals surface area contributed by atoms with E-state index in [0.29, 0.717) is 25.9 Å². The molecule has 1 unspecified atom stereocenters. The lowest BCUT2D eigenvalue weighted by atomic mass is 9.80. The van der Waals surface area contributed by atoms with Crippen molar-refractivity contribution in [3.05, 3.63) is 35.2 Å². The van der Waals surface area contributed by atoms with Crippen LogP contribution in [0, 0.1) is 12.8 Å². The second kappa shape index (κ2) is 7.08. The third-order valence-corrected chi connectivity index (χ3v) is 5.21. The topological polar surface area (TPSA) is 118 Å². The van der Waals surface area contributed by atoms with Gasteiger partial charge < -0.3 is 21.5 Å². The molecular weight excluding hydrogens is 375 g/mol. The molecule has 0 spiro atoms. The molecule has 1 aromatic rings. The zero-order chi connectivity index (χ0) is 20.7. The van der Waals surface area contributed by atoms with Crippen molar-refractivity contribution < 1.29 is 23.1 Å². The van der Waals surface area contributed by atoms with Crippen molar-refractivity contribution in [3.8, 4) is 0 Å². The number of carbonyl (C=O) groups excluding carboxylic acids is 1. The van der Waals surface area contributed by atoms with Crippen LogP contribution in [0.3, 0.4) is 0 Å². The number of anilines is 1. The Morgan fingerprint density at radius 1 is 1.32 bits per heavy atom. The summed E-state index contributed by atoms with van der Waals surface area (Å²) in [6.45, 7) is 2.95. The number of aliphatic imine (C=N–C) groups is 1. The normalized spacial score (nSPS) is 26.2. The predicted molar refractivity (Wildman–Crippen MR) is 97.4 cm³/mol. The number of hydrogen-bond acceptors (Lipinski definition) is 6. The number of amides is 1. The van der Waals surface area contributed by atoms with Gasteiger partial charge in [-0.1, -0.05) is 6.07 Å². The molecule has 1 amide bonds.